The number of amides is 1. The van der Waals surface area contributed by atoms with E-state index in [1.54, 1.807) is 6.92 Å². The number of nitrogens with zero attached hydrogens (tertiary/aromatic N) is 2. The fourth-order valence-electron chi connectivity index (χ4n) is 2.20. The van der Waals surface area contributed by atoms with Crippen LogP contribution in [0.15, 0.2) is 12.4 Å². The van der Waals surface area contributed by atoms with Gasteiger partial charge in [-0.15, -0.1) is 0 Å². The molecule has 0 aromatic carbocycles. The zero-order valence-electron chi connectivity index (χ0n) is 12.4. The molecule has 20 heavy (non-hydrogen) atoms. The van der Waals surface area contributed by atoms with Gasteiger partial charge in [-0.3, -0.25) is 4.79 Å². The first kappa shape index (κ1) is 14.9. The number of nitrogens with one attached hydrogen (secondary N) is 1. The molecule has 5 heteroatoms. The van der Waals surface area contributed by atoms with E-state index < -0.39 is 5.54 Å². The maximum Gasteiger partial charge on any atom is 0.239 e. The van der Waals surface area contributed by atoms with E-state index >= 15 is 0 Å². The van der Waals surface area contributed by atoms with Crippen LogP contribution in [0.25, 0.3) is 0 Å². The number of rotatable bonds is 7. The second-order valence-electron chi connectivity index (χ2n) is 5.90. The summed E-state index contributed by atoms with van der Waals surface area (Å²) in [7, 11) is 0. The van der Waals surface area contributed by atoms with Crippen molar-refractivity contribution in [1.82, 2.24) is 15.3 Å². The Morgan fingerprint density at radius 2 is 2.10 bits per heavy atom. The van der Waals surface area contributed by atoms with E-state index in [9.17, 15) is 4.79 Å². The van der Waals surface area contributed by atoms with Gasteiger partial charge in [-0.25, -0.2) is 9.97 Å². The lowest BCUT2D eigenvalue weighted by Gasteiger charge is -2.22. The molecular weight excluding hydrogens is 252 g/mol. The standard InChI is InChI=1S/C15H24N4O/c1-3-7-15(2,16)14(20)17-8-6-11-9-18-13(19-10-11)12-4-5-12/h9-10,12H,3-8,16H2,1-2H3,(H,17,20). The second kappa shape index (κ2) is 6.31. The third-order valence-electron chi connectivity index (χ3n) is 3.66. The van der Waals surface area contributed by atoms with Crippen LogP contribution in [0.1, 0.15) is 56.8 Å². The van der Waals surface area contributed by atoms with Gasteiger partial charge in [0.05, 0.1) is 5.54 Å². The van der Waals surface area contributed by atoms with Crippen molar-refractivity contribution in [2.75, 3.05) is 6.54 Å². The molecule has 0 aliphatic heterocycles. The summed E-state index contributed by atoms with van der Waals surface area (Å²) in [5.41, 5.74) is 6.24. The minimum absolute atomic E-state index is 0.0881. The molecule has 0 bridgehead atoms. The van der Waals surface area contributed by atoms with Crippen molar-refractivity contribution >= 4 is 5.91 Å². The van der Waals surface area contributed by atoms with Crippen LogP contribution in [0, 0.1) is 0 Å². The van der Waals surface area contributed by atoms with Crippen molar-refractivity contribution in [3.05, 3.63) is 23.8 Å². The number of hydrogen-bond donors (Lipinski definition) is 2. The molecule has 1 saturated carbocycles. The second-order valence-corrected chi connectivity index (χ2v) is 5.90. The molecule has 110 valence electrons. The third-order valence-corrected chi connectivity index (χ3v) is 3.66. The van der Waals surface area contributed by atoms with Crippen LogP contribution >= 0.6 is 0 Å². The predicted octanol–water partition coefficient (Wildman–Crippen LogP) is 1.53. The molecule has 5 nitrogen and oxygen atoms in total. The van der Waals surface area contributed by atoms with Crippen LogP contribution in [-0.4, -0.2) is 28.0 Å². The van der Waals surface area contributed by atoms with E-state index in [1.165, 1.54) is 12.8 Å². The van der Waals surface area contributed by atoms with Gasteiger partial charge in [-0.2, -0.15) is 0 Å². The summed E-state index contributed by atoms with van der Waals surface area (Å²) in [6.45, 7) is 4.37. The van der Waals surface area contributed by atoms with E-state index in [0.717, 1.165) is 24.2 Å². The van der Waals surface area contributed by atoms with Crippen LogP contribution in [0.5, 0.6) is 0 Å². The molecule has 1 aliphatic rings. The van der Waals surface area contributed by atoms with E-state index in [4.69, 9.17) is 5.73 Å². The Labute approximate surface area is 120 Å². The van der Waals surface area contributed by atoms with Crippen LogP contribution in [0.3, 0.4) is 0 Å². The molecule has 1 amide bonds. The molecule has 3 N–H and O–H groups in total. The molecule has 1 atom stereocenters. The zero-order chi connectivity index (χ0) is 14.6. The molecule has 0 radical (unpaired) electrons. The Morgan fingerprint density at radius 1 is 1.45 bits per heavy atom. The maximum absolute atomic E-state index is 11.9. The minimum atomic E-state index is -0.777. The fraction of sp³-hybridized carbons (Fsp3) is 0.667. The number of nitrogens with two attached hydrogens (primary N) is 1. The quantitative estimate of drug-likeness (QED) is 0.791. The van der Waals surface area contributed by atoms with Crippen molar-refractivity contribution in [2.24, 2.45) is 5.73 Å². The van der Waals surface area contributed by atoms with Gasteiger partial charge in [0.25, 0.3) is 0 Å². The van der Waals surface area contributed by atoms with Crippen molar-refractivity contribution in [2.45, 2.75) is 57.4 Å². The first-order valence-electron chi connectivity index (χ1n) is 7.41. The van der Waals surface area contributed by atoms with Crippen LogP contribution in [0.4, 0.5) is 0 Å². The first-order chi connectivity index (χ1) is 9.53. The van der Waals surface area contributed by atoms with Crippen LogP contribution < -0.4 is 11.1 Å². The number of hydrogen-bond acceptors (Lipinski definition) is 4. The molecule has 1 aromatic rings. The van der Waals surface area contributed by atoms with Crippen LogP contribution in [0.2, 0.25) is 0 Å². The van der Waals surface area contributed by atoms with Crippen molar-refractivity contribution in [3.8, 4) is 0 Å². The molecule has 1 aliphatic carbocycles. The average molecular weight is 276 g/mol. The summed E-state index contributed by atoms with van der Waals surface area (Å²) < 4.78 is 0. The monoisotopic (exact) mass is 276 g/mol. The Kier molecular flexibility index (Phi) is 4.70. The summed E-state index contributed by atoms with van der Waals surface area (Å²) in [6, 6.07) is 0. The lowest BCUT2D eigenvalue weighted by atomic mass is 9.96. The van der Waals surface area contributed by atoms with E-state index in [0.29, 0.717) is 18.9 Å². The van der Waals surface area contributed by atoms with Gasteiger partial charge in [0, 0.05) is 24.9 Å². The number of carbonyl (C=O) groups excluding carboxylic acids is 1. The lowest BCUT2D eigenvalue weighted by Crippen LogP contribution is -2.51. The molecule has 1 unspecified atom stereocenters. The molecule has 0 spiro atoms. The topological polar surface area (TPSA) is 80.9 Å². The summed E-state index contributed by atoms with van der Waals surface area (Å²) in [6.07, 6.45) is 8.47. The molecule has 1 heterocycles. The first-order valence-corrected chi connectivity index (χ1v) is 7.41. The highest BCUT2D eigenvalue weighted by Gasteiger charge is 2.27. The molecule has 1 fully saturated rings. The van der Waals surface area contributed by atoms with Gasteiger partial charge in [-0.1, -0.05) is 13.3 Å². The number of carbonyl (C=O) groups is 1. The van der Waals surface area contributed by atoms with E-state index in [2.05, 4.69) is 15.3 Å². The van der Waals surface area contributed by atoms with E-state index in [-0.39, 0.29) is 5.91 Å². The van der Waals surface area contributed by atoms with Crippen molar-refractivity contribution in [1.29, 1.82) is 0 Å². The molecule has 2 rings (SSSR count). The van der Waals surface area contributed by atoms with Crippen LogP contribution in [-0.2, 0) is 11.2 Å². The van der Waals surface area contributed by atoms with E-state index in [1.807, 2.05) is 19.3 Å². The zero-order valence-corrected chi connectivity index (χ0v) is 12.4. The number of aromatic nitrogens is 2. The SMILES string of the molecule is CCCC(C)(N)C(=O)NCCc1cnc(C2CC2)nc1. The Bertz CT molecular complexity index is 451. The summed E-state index contributed by atoms with van der Waals surface area (Å²) in [4.78, 5) is 20.7. The Hall–Kier alpha value is -1.49. The van der Waals surface area contributed by atoms with Gasteiger partial charge < -0.3 is 11.1 Å². The highest BCUT2D eigenvalue weighted by atomic mass is 16.2. The van der Waals surface area contributed by atoms with Crippen molar-refractivity contribution < 1.29 is 4.79 Å². The summed E-state index contributed by atoms with van der Waals surface area (Å²) in [5, 5.41) is 2.89. The van der Waals surface area contributed by atoms with Gasteiger partial charge in [0.2, 0.25) is 5.91 Å². The van der Waals surface area contributed by atoms with Gasteiger partial charge >= 0.3 is 0 Å². The lowest BCUT2D eigenvalue weighted by molar-refractivity contribution is -0.126. The normalized spacial score (nSPS) is 17.6. The Balaban J connectivity index is 1.76. The van der Waals surface area contributed by atoms with Gasteiger partial charge in [0.15, 0.2) is 0 Å². The molecular formula is C15H24N4O. The van der Waals surface area contributed by atoms with Gasteiger partial charge in [0.1, 0.15) is 5.82 Å². The maximum atomic E-state index is 11.9. The summed E-state index contributed by atoms with van der Waals surface area (Å²) >= 11 is 0. The molecule has 0 saturated heterocycles. The summed E-state index contributed by atoms with van der Waals surface area (Å²) in [5.74, 6) is 1.45. The van der Waals surface area contributed by atoms with Crippen molar-refractivity contribution in [3.63, 3.8) is 0 Å². The molecule has 1 aromatic heterocycles. The average Bonchev–Trinajstić information content (AvgIpc) is 3.23. The largest absolute Gasteiger partial charge is 0.354 e. The van der Waals surface area contributed by atoms with Gasteiger partial charge in [-0.05, 0) is 38.2 Å². The fourth-order valence-corrected chi connectivity index (χ4v) is 2.20. The minimum Gasteiger partial charge on any atom is -0.354 e. The third kappa shape index (κ3) is 4.00. The smallest absolute Gasteiger partial charge is 0.239 e. The Morgan fingerprint density at radius 3 is 2.65 bits per heavy atom. The highest BCUT2D eigenvalue weighted by molar-refractivity contribution is 5.85. The highest BCUT2D eigenvalue weighted by Crippen LogP contribution is 2.37. The predicted molar refractivity (Wildman–Crippen MR) is 78.2 cm³/mol.